The van der Waals surface area contributed by atoms with Gasteiger partial charge in [0.05, 0.1) is 13.0 Å². The first-order valence-corrected chi connectivity index (χ1v) is 5.50. The first kappa shape index (κ1) is 10.9. The molecule has 1 atom stereocenters. The van der Waals surface area contributed by atoms with Crippen molar-refractivity contribution < 1.29 is 18.8 Å². The molecule has 1 aromatic carbocycles. The highest BCUT2D eigenvalue weighted by Gasteiger charge is 2.42. The summed E-state index contributed by atoms with van der Waals surface area (Å²) in [7, 11) is 0. The van der Waals surface area contributed by atoms with Crippen molar-refractivity contribution in [3.63, 3.8) is 0 Å². The molecule has 2 aliphatic rings. The van der Waals surface area contributed by atoms with Gasteiger partial charge in [0.1, 0.15) is 11.9 Å². The van der Waals surface area contributed by atoms with E-state index in [-0.39, 0.29) is 24.1 Å². The minimum atomic E-state index is -0.822. The minimum Gasteiger partial charge on any atom is -0.322 e. The van der Waals surface area contributed by atoms with E-state index in [0.29, 0.717) is 0 Å². The lowest BCUT2D eigenvalue weighted by molar-refractivity contribution is -0.126. The van der Waals surface area contributed by atoms with Crippen LogP contribution in [-0.2, 0) is 16.1 Å². The summed E-state index contributed by atoms with van der Waals surface area (Å²) in [6.07, 6.45) is -0.0554. The average Bonchev–Trinajstić information content (AvgIpc) is 2.81. The number of carbonyl (C=O) groups excluding carboxylic acids is 3. The highest BCUT2D eigenvalue weighted by atomic mass is 19.1. The smallest absolute Gasteiger partial charge is 0.255 e. The van der Waals surface area contributed by atoms with Gasteiger partial charge in [-0.2, -0.15) is 0 Å². The summed E-state index contributed by atoms with van der Waals surface area (Å²) < 4.78 is 13.6. The molecule has 3 rings (SSSR count). The molecule has 5 nitrogen and oxygen atoms in total. The Morgan fingerprint density at radius 3 is 2.67 bits per heavy atom. The standard InChI is InChI=1S/C12H9FN2O3/c13-8-3-1-2-6-7(8)5-15(12(6)18)9-4-10(16)14-11(9)17/h1-3,9H,4-5H2,(H,14,16,17). The third-order valence-electron chi connectivity index (χ3n) is 3.26. The fraction of sp³-hybridized carbons (Fsp3) is 0.250. The number of halogens is 1. The maximum absolute atomic E-state index is 13.6. The van der Waals surface area contributed by atoms with Crippen molar-refractivity contribution in [2.24, 2.45) is 0 Å². The van der Waals surface area contributed by atoms with Gasteiger partial charge in [-0.15, -0.1) is 0 Å². The van der Waals surface area contributed by atoms with Crippen LogP contribution in [0.15, 0.2) is 18.2 Å². The maximum Gasteiger partial charge on any atom is 0.255 e. The summed E-state index contributed by atoms with van der Waals surface area (Å²) in [5.74, 6) is -1.77. The van der Waals surface area contributed by atoms with E-state index in [4.69, 9.17) is 0 Å². The molecule has 18 heavy (non-hydrogen) atoms. The molecule has 0 aliphatic carbocycles. The largest absolute Gasteiger partial charge is 0.322 e. The summed E-state index contributed by atoms with van der Waals surface area (Å²) in [5, 5.41) is 2.14. The quantitative estimate of drug-likeness (QED) is 0.722. The number of nitrogens with one attached hydrogen (secondary N) is 1. The van der Waals surface area contributed by atoms with Crippen LogP contribution < -0.4 is 5.32 Å². The monoisotopic (exact) mass is 248 g/mol. The Bertz CT molecular complexity index is 585. The second kappa shape index (κ2) is 3.63. The fourth-order valence-corrected chi connectivity index (χ4v) is 2.36. The molecular weight excluding hydrogens is 239 g/mol. The van der Waals surface area contributed by atoms with Crippen LogP contribution in [0.1, 0.15) is 22.3 Å². The number of amides is 3. The van der Waals surface area contributed by atoms with Crippen LogP contribution in [-0.4, -0.2) is 28.7 Å². The van der Waals surface area contributed by atoms with Crippen molar-refractivity contribution in [3.8, 4) is 0 Å². The van der Waals surface area contributed by atoms with Crippen molar-refractivity contribution in [2.75, 3.05) is 0 Å². The molecule has 2 heterocycles. The predicted molar refractivity (Wildman–Crippen MR) is 57.8 cm³/mol. The second-order valence-corrected chi connectivity index (χ2v) is 4.33. The Hall–Kier alpha value is -2.24. The van der Waals surface area contributed by atoms with E-state index in [1.165, 1.54) is 23.1 Å². The number of hydrogen-bond acceptors (Lipinski definition) is 3. The van der Waals surface area contributed by atoms with Crippen LogP contribution in [0.3, 0.4) is 0 Å². The molecule has 1 fully saturated rings. The van der Waals surface area contributed by atoms with Crippen molar-refractivity contribution in [1.29, 1.82) is 0 Å². The van der Waals surface area contributed by atoms with E-state index in [1.54, 1.807) is 0 Å². The molecular formula is C12H9FN2O3. The second-order valence-electron chi connectivity index (χ2n) is 4.33. The maximum atomic E-state index is 13.6. The molecule has 2 aliphatic heterocycles. The van der Waals surface area contributed by atoms with E-state index in [9.17, 15) is 18.8 Å². The molecule has 0 spiro atoms. The zero-order valence-electron chi connectivity index (χ0n) is 9.27. The van der Waals surface area contributed by atoms with Crippen LogP contribution in [0.25, 0.3) is 0 Å². The third-order valence-corrected chi connectivity index (χ3v) is 3.26. The molecule has 92 valence electrons. The SMILES string of the molecule is O=C1CC(N2Cc3c(F)cccc3C2=O)C(=O)N1. The molecule has 1 unspecified atom stereocenters. The Morgan fingerprint density at radius 1 is 1.28 bits per heavy atom. The van der Waals surface area contributed by atoms with Gasteiger partial charge in [-0.05, 0) is 12.1 Å². The van der Waals surface area contributed by atoms with E-state index in [1.807, 2.05) is 0 Å². The summed E-state index contributed by atoms with van der Waals surface area (Å²) in [6, 6.07) is 3.43. The number of carbonyl (C=O) groups is 3. The highest BCUT2D eigenvalue weighted by molar-refractivity contribution is 6.09. The molecule has 1 aromatic rings. The number of nitrogens with zero attached hydrogens (tertiary/aromatic N) is 1. The van der Waals surface area contributed by atoms with Gasteiger partial charge in [-0.25, -0.2) is 4.39 Å². The zero-order chi connectivity index (χ0) is 12.9. The van der Waals surface area contributed by atoms with Crippen molar-refractivity contribution in [3.05, 3.63) is 35.1 Å². The van der Waals surface area contributed by atoms with Crippen LogP contribution in [0.5, 0.6) is 0 Å². The predicted octanol–water partition coefficient (Wildman–Crippen LogP) is 0.197. The van der Waals surface area contributed by atoms with Gasteiger partial charge < -0.3 is 4.90 Å². The van der Waals surface area contributed by atoms with Crippen molar-refractivity contribution in [2.45, 2.75) is 19.0 Å². The lowest BCUT2D eigenvalue weighted by atomic mass is 10.1. The molecule has 6 heteroatoms. The molecule has 0 aromatic heterocycles. The number of fused-ring (bicyclic) bond motifs is 1. The van der Waals surface area contributed by atoms with Crippen molar-refractivity contribution in [1.82, 2.24) is 10.2 Å². The molecule has 1 saturated heterocycles. The van der Waals surface area contributed by atoms with Gasteiger partial charge in [0.2, 0.25) is 11.8 Å². The topological polar surface area (TPSA) is 66.5 Å². The van der Waals surface area contributed by atoms with Crippen LogP contribution in [0.2, 0.25) is 0 Å². The highest BCUT2D eigenvalue weighted by Crippen LogP contribution is 2.28. The lowest BCUT2D eigenvalue weighted by Gasteiger charge is -2.20. The summed E-state index contributed by atoms with van der Waals surface area (Å²) in [5.41, 5.74) is 0.553. The summed E-state index contributed by atoms with van der Waals surface area (Å²) >= 11 is 0. The van der Waals surface area contributed by atoms with Gasteiger partial charge in [0.25, 0.3) is 5.91 Å². The van der Waals surface area contributed by atoms with Crippen LogP contribution in [0, 0.1) is 5.82 Å². The van der Waals surface area contributed by atoms with E-state index in [0.717, 1.165) is 0 Å². The molecule has 0 saturated carbocycles. The first-order valence-electron chi connectivity index (χ1n) is 5.50. The van der Waals surface area contributed by atoms with E-state index < -0.39 is 29.6 Å². The molecule has 0 radical (unpaired) electrons. The van der Waals surface area contributed by atoms with Gasteiger partial charge in [-0.3, -0.25) is 19.7 Å². The van der Waals surface area contributed by atoms with Gasteiger partial charge >= 0.3 is 0 Å². The zero-order valence-corrected chi connectivity index (χ0v) is 9.27. The fourth-order valence-electron chi connectivity index (χ4n) is 2.36. The first-order chi connectivity index (χ1) is 8.58. The Labute approximate surface area is 102 Å². The Morgan fingerprint density at radius 2 is 2.06 bits per heavy atom. The van der Waals surface area contributed by atoms with Gasteiger partial charge in [-0.1, -0.05) is 6.07 Å². The number of rotatable bonds is 1. The average molecular weight is 248 g/mol. The summed E-state index contributed by atoms with van der Waals surface area (Å²) in [6.45, 7) is 0.0339. The minimum absolute atomic E-state index is 0.0339. The molecule has 0 bridgehead atoms. The normalized spacial score (nSPS) is 22.4. The summed E-state index contributed by atoms with van der Waals surface area (Å²) in [4.78, 5) is 36.0. The molecule has 3 amide bonds. The van der Waals surface area contributed by atoms with Gasteiger partial charge in [0, 0.05) is 11.1 Å². The third kappa shape index (κ3) is 1.42. The van der Waals surface area contributed by atoms with E-state index >= 15 is 0 Å². The Balaban J connectivity index is 1.95. The number of hydrogen-bond donors (Lipinski definition) is 1. The number of imide groups is 1. The Kier molecular flexibility index (Phi) is 2.19. The van der Waals surface area contributed by atoms with Crippen LogP contribution >= 0.6 is 0 Å². The van der Waals surface area contributed by atoms with Crippen LogP contribution in [0.4, 0.5) is 4.39 Å². The lowest BCUT2D eigenvalue weighted by Crippen LogP contribution is -2.40. The van der Waals surface area contributed by atoms with Gasteiger partial charge in [0.15, 0.2) is 0 Å². The molecule has 1 N–H and O–H groups in total. The van der Waals surface area contributed by atoms with E-state index in [2.05, 4.69) is 5.32 Å². The number of benzene rings is 1. The van der Waals surface area contributed by atoms with Crippen molar-refractivity contribution >= 4 is 17.7 Å².